The van der Waals surface area contributed by atoms with Gasteiger partial charge in [-0.3, -0.25) is 4.79 Å². The monoisotopic (exact) mass is 280 g/mol. The lowest BCUT2D eigenvalue weighted by Crippen LogP contribution is -2.30. The number of esters is 1. The van der Waals surface area contributed by atoms with E-state index >= 15 is 0 Å². The molecule has 0 aromatic heterocycles. The maximum absolute atomic E-state index is 11.4. The van der Waals surface area contributed by atoms with Gasteiger partial charge in [0.1, 0.15) is 6.61 Å². The van der Waals surface area contributed by atoms with Crippen LogP contribution in [0.5, 0.6) is 0 Å². The summed E-state index contributed by atoms with van der Waals surface area (Å²) in [4.78, 5) is 22.2. The van der Waals surface area contributed by atoms with E-state index in [4.69, 9.17) is 4.74 Å². The average molecular weight is 280 g/mol. The van der Waals surface area contributed by atoms with Crippen LogP contribution in [0.2, 0.25) is 0 Å². The minimum atomic E-state index is -0.443. The topological polar surface area (TPSA) is 76.7 Å². The molecule has 0 saturated carbocycles. The fraction of sp³-hybridized carbons (Fsp3) is 0.429. The molecule has 110 valence electrons. The maximum Gasteiger partial charge on any atom is 0.407 e. The predicted molar refractivity (Wildman–Crippen MR) is 74.1 cm³/mol. The standard InChI is InChI=1S/C14H20N2O4/c1-19-13(17)10-15-8-5-9-16-14(18)20-11-12-6-3-2-4-7-12/h2-4,6-7,15H,5,8-11H2,1H3,(H,16,18). The van der Waals surface area contributed by atoms with Gasteiger partial charge >= 0.3 is 12.1 Å². The van der Waals surface area contributed by atoms with Crippen LogP contribution in [0.25, 0.3) is 0 Å². The molecule has 0 radical (unpaired) electrons. The van der Waals surface area contributed by atoms with Crippen molar-refractivity contribution >= 4 is 12.1 Å². The molecule has 1 aromatic rings. The first kappa shape index (κ1) is 16.0. The van der Waals surface area contributed by atoms with Crippen LogP contribution in [0.15, 0.2) is 30.3 Å². The van der Waals surface area contributed by atoms with Crippen LogP contribution in [0.4, 0.5) is 4.79 Å². The number of carbonyl (C=O) groups excluding carboxylic acids is 2. The molecule has 1 amide bonds. The molecule has 0 heterocycles. The zero-order valence-corrected chi connectivity index (χ0v) is 11.6. The number of amides is 1. The largest absolute Gasteiger partial charge is 0.468 e. The number of hydrogen-bond donors (Lipinski definition) is 2. The van der Waals surface area contributed by atoms with Crippen LogP contribution in [-0.4, -0.2) is 38.8 Å². The van der Waals surface area contributed by atoms with Crippen LogP contribution < -0.4 is 10.6 Å². The predicted octanol–water partition coefficient (Wildman–Crippen LogP) is 1.07. The Bertz CT molecular complexity index is 409. The van der Waals surface area contributed by atoms with Crippen molar-refractivity contribution in [2.24, 2.45) is 0 Å². The van der Waals surface area contributed by atoms with Crippen molar-refractivity contribution in [2.75, 3.05) is 26.7 Å². The lowest BCUT2D eigenvalue weighted by atomic mass is 10.2. The minimum Gasteiger partial charge on any atom is -0.468 e. The van der Waals surface area contributed by atoms with E-state index in [0.29, 0.717) is 19.5 Å². The number of nitrogens with one attached hydrogen (secondary N) is 2. The molecular weight excluding hydrogens is 260 g/mol. The van der Waals surface area contributed by atoms with Gasteiger partial charge in [-0.15, -0.1) is 0 Å². The zero-order chi connectivity index (χ0) is 14.6. The number of ether oxygens (including phenoxy) is 2. The number of carbonyl (C=O) groups is 2. The molecule has 0 aliphatic heterocycles. The van der Waals surface area contributed by atoms with Crippen LogP contribution in [0.1, 0.15) is 12.0 Å². The third kappa shape index (κ3) is 7.38. The molecule has 0 spiro atoms. The fourth-order valence-electron chi connectivity index (χ4n) is 1.44. The quantitative estimate of drug-likeness (QED) is 0.550. The Morgan fingerprint density at radius 3 is 2.60 bits per heavy atom. The first-order valence-corrected chi connectivity index (χ1v) is 6.44. The first-order valence-electron chi connectivity index (χ1n) is 6.44. The highest BCUT2D eigenvalue weighted by Crippen LogP contribution is 2.00. The molecule has 2 N–H and O–H groups in total. The molecule has 0 aliphatic carbocycles. The zero-order valence-electron chi connectivity index (χ0n) is 11.6. The van der Waals surface area contributed by atoms with Gasteiger partial charge in [0.15, 0.2) is 0 Å². The molecule has 0 atom stereocenters. The van der Waals surface area contributed by atoms with Gasteiger partial charge in [0.05, 0.1) is 13.7 Å². The fourth-order valence-corrected chi connectivity index (χ4v) is 1.44. The third-order valence-corrected chi connectivity index (χ3v) is 2.51. The number of methoxy groups -OCH3 is 1. The Morgan fingerprint density at radius 2 is 1.90 bits per heavy atom. The Kier molecular flexibility index (Phi) is 7.83. The van der Waals surface area contributed by atoms with E-state index < -0.39 is 6.09 Å². The lowest BCUT2D eigenvalue weighted by molar-refractivity contribution is -0.139. The molecule has 0 bridgehead atoms. The summed E-state index contributed by atoms with van der Waals surface area (Å²) in [5, 5.41) is 5.54. The van der Waals surface area contributed by atoms with Gasteiger partial charge < -0.3 is 20.1 Å². The summed E-state index contributed by atoms with van der Waals surface area (Å²) in [5.74, 6) is -0.305. The first-order chi connectivity index (χ1) is 9.72. The van der Waals surface area contributed by atoms with Gasteiger partial charge in [-0.25, -0.2) is 4.79 Å². The molecule has 0 saturated heterocycles. The summed E-state index contributed by atoms with van der Waals surface area (Å²) in [6, 6.07) is 9.48. The van der Waals surface area contributed by atoms with Crippen LogP contribution in [0, 0.1) is 0 Å². The Balaban J connectivity index is 1.99. The van der Waals surface area contributed by atoms with Gasteiger partial charge in [-0.1, -0.05) is 30.3 Å². The molecule has 6 heteroatoms. The smallest absolute Gasteiger partial charge is 0.407 e. The van der Waals surface area contributed by atoms with E-state index in [9.17, 15) is 9.59 Å². The van der Waals surface area contributed by atoms with Gasteiger partial charge in [0.2, 0.25) is 0 Å². The summed E-state index contributed by atoms with van der Waals surface area (Å²) >= 11 is 0. The van der Waals surface area contributed by atoms with Gasteiger partial charge in [0.25, 0.3) is 0 Å². The summed E-state index contributed by atoms with van der Waals surface area (Å²) in [7, 11) is 1.34. The van der Waals surface area contributed by atoms with Crippen molar-refractivity contribution in [2.45, 2.75) is 13.0 Å². The highest BCUT2D eigenvalue weighted by molar-refractivity contribution is 5.71. The van der Waals surface area contributed by atoms with E-state index in [1.165, 1.54) is 7.11 Å². The summed E-state index contributed by atoms with van der Waals surface area (Å²) < 4.78 is 9.52. The van der Waals surface area contributed by atoms with E-state index in [1.807, 2.05) is 30.3 Å². The van der Waals surface area contributed by atoms with Gasteiger partial charge in [-0.2, -0.15) is 0 Å². The van der Waals surface area contributed by atoms with Crippen molar-refractivity contribution in [3.05, 3.63) is 35.9 Å². The van der Waals surface area contributed by atoms with Crippen molar-refractivity contribution < 1.29 is 19.1 Å². The van der Waals surface area contributed by atoms with Crippen LogP contribution >= 0.6 is 0 Å². The highest BCUT2D eigenvalue weighted by Gasteiger charge is 2.02. The molecule has 6 nitrogen and oxygen atoms in total. The molecule has 0 unspecified atom stereocenters. The Morgan fingerprint density at radius 1 is 1.15 bits per heavy atom. The molecule has 1 aromatic carbocycles. The summed E-state index contributed by atoms with van der Waals surface area (Å²) in [6.45, 7) is 1.54. The summed E-state index contributed by atoms with van der Waals surface area (Å²) in [5.41, 5.74) is 0.947. The molecular formula is C14H20N2O4. The normalized spacial score (nSPS) is 9.85. The SMILES string of the molecule is COC(=O)CNCCCNC(=O)OCc1ccccc1. The number of alkyl carbamates (subject to hydrolysis) is 1. The van der Waals surface area contributed by atoms with Crippen molar-refractivity contribution in [1.29, 1.82) is 0 Å². The van der Waals surface area contributed by atoms with Gasteiger partial charge in [-0.05, 0) is 18.5 Å². The van der Waals surface area contributed by atoms with Crippen molar-refractivity contribution in [1.82, 2.24) is 10.6 Å². The van der Waals surface area contributed by atoms with Crippen molar-refractivity contribution in [3.63, 3.8) is 0 Å². The second kappa shape index (κ2) is 9.80. The van der Waals surface area contributed by atoms with E-state index in [2.05, 4.69) is 15.4 Å². The molecule has 20 heavy (non-hydrogen) atoms. The maximum atomic E-state index is 11.4. The van der Waals surface area contributed by atoms with Crippen molar-refractivity contribution in [3.8, 4) is 0 Å². The average Bonchev–Trinajstić information content (AvgIpc) is 2.49. The number of hydrogen-bond acceptors (Lipinski definition) is 5. The number of rotatable bonds is 8. The minimum absolute atomic E-state index is 0.176. The number of benzene rings is 1. The van der Waals surface area contributed by atoms with E-state index in [-0.39, 0.29) is 19.1 Å². The van der Waals surface area contributed by atoms with Crippen LogP contribution in [-0.2, 0) is 20.9 Å². The second-order valence-electron chi connectivity index (χ2n) is 4.09. The van der Waals surface area contributed by atoms with E-state index in [1.54, 1.807) is 0 Å². The lowest BCUT2D eigenvalue weighted by Gasteiger charge is -2.07. The molecule has 1 rings (SSSR count). The molecule has 0 fully saturated rings. The second-order valence-corrected chi connectivity index (χ2v) is 4.09. The van der Waals surface area contributed by atoms with Crippen LogP contribution in [0.3, 0.4) is 0 Å². The highest BCUT2D eigenvalue weighted by atomic mass is 16.5. The Hall–Kier alpha value is -2.08. The van der Waals surface area contributed by atoms with Gasteiger partial charge in [0, 0.05) is 6.54 Å². The Labute approximate surface area is 118 Å². The van der Waals surface area contributed by atoms with E-state index in [0.717, 1.165) is 5.56 Å². The third-order valence-electron chi connectivity index (χ3n) is 2.51. The molecule has 0 aliphatic rings. The summed E-state index contributed by atoms with van der Waals surface area (Å²) in [6.07, 6.45) is 0.263.